The predicted octanol–water partition coefficient (Wildman–Crippen LogP) is 1.18. The molecule has 1 fully saturated rings. The smallest absolute Gasteiger partial charge is 0.250 e. The van der Waals surface area contributed by atoms with E-state index in [9.17, 15) is 9.90 Å². The molecule has 1 aromatic carbocycles. The normalized spacial score (nSPS) is 23.3. The number of rotatable bonds is 5. The van der Waals surface area contributed by atoms with Gasteiger partial charge in [-0.1, -0.05) is 18.6 Å². The molecule has 132 valence electrons. The van der Waals surface area contributed by atoms with E-state index in [-0.39, 0.29) is 18.1 Å². The number of ether oxygens (including phenoxy) is 2. The zero-order valence-electron chi connectivity index (χ0n) is 14.1. The molecule has 0 aromatic heterocycles. The zero-order chi connectivity index (χ0) is 16.9. The van der Waals surface area contributed by atoms with Crippen molar-refractivity contribution in [1.82, 2.24) is 10.2 Å². The van der Waals surface area contributed by atoms with Crippen LogP contribution < -0.4 is 14.8 Å². The van der Waals surface area contributed by atoms with E-state index in [1.54, 1.807) is 0 Å². The summed E-state index contributed by atoms with van der Waals surface area (Å²) in [6.07, 6.45) is 2.22. The van der Waals surface area contributed by atoms with E-state index in [0.29, 0.717) is 18.9 Å². The van der Waals surface area contributed by atoms with Gasteiger partial charge < -0.3 is 24.8 Å². The standard InChI is InChI=1S/C18H26N2O4/c1-13(17-12-23-15-7-3-4-8-16(15)24-17)19-18(22)14(21)11-20-9-5-2-6-10-20/h3-4,7-8,13-14,17,21H,2,5-6,9-12H2,1H3,(H,19,22)/t13-,14+,17-/m0/s1. The molecule has 0 aliphatic carbocycles. The summed E-state index contributed by atoms with van der Waals surface area (Å²) in [4.78, 5) is 14.4. The Hall–Kier alpha value is -1.79. The third-order valence-electron chi connectivity index (χ3n) is 4.64. The van der Waals surface area contributed by atoms with Gasteiger partial charge >= 0.3 is 0 Å². The lowest BCUT2D eigenvalue weighted by molar-refractivity contribution is -0.132. The number of amides is 1. The maximum atomic E-state index is 12.2. The quantitative estimate of drug-likeness (QED) is 0.846. The van der Waals surface area contributed by atoms with Gasteiger partial charge in [0.2, 0.25) is 0 Å². The summed E-state index contributed by atoms with van der Waals surface area (Å²) in [5.41, 5.74) is 0. The molecule has 0 bridgehead atoms. The average molecular weight is 334 g/mol. The molecule has 3 atom stereocenters. The Balaban J connectivity index is 1.49. The Bertz CT molecular complexity index is 560. The number of β-amino-alcohol motifs (C(OH)–C–C–N with tert-alkyl or cyclic N) is 1. The number of fused-ring (bicyclic) bond motifs is 1. The van der Waals surface area contributed by atoms with Crippen LogP contribution in [-0.2, 0) is 4.79 Å². The van der Waals surface area contributed by atoms with Crippen LogP contribution in [0.3, 0.4) is 0 Å². The summed E-state index contributed by atoms with van der Waals surface area (Å²) in [5, 5.41) is 13.0. The van der Waals surface area contributed by atoms with Crippen molar-refractivity contribution < 1.29 is 19.4 Å². The van der Waals surface area contributed by atoms with E-state index in [0.717, 1.165) is 31.7 Å². The number of carbonyl (C=O) groups excluding carboxylic acids is 1. The third-order valence-corrected chi connectivity index (χ3v) is 4.64. The first kappa shape index (κ1) is 17.0. The summed E-state index contributed by atoms with van der Waals surface area (Å²) < 4.78 is 11.6. The van der Waals surface area contributed by atoms with Gasteiger partial charge in [0, 0.05) is 6.54 Å². The molecule has 2 aliphatic heterocycles. The lowest BCUT2D eigenvalue weighted by atomic mass is 10.1. The number of para-hydroxylation sites is 2. The molecule has 2 aliphatic rings. The highest BCUT2D eigenvalue weighted by atomic mass is 16.6. The zero-order valence-corrected chi connectivity index (χ0v) is 14.1. The molecule has 1 aromatic rings. The summed E-state index contributed by atoms with van der Waals surface area (Å²) in [6, 6.07) is 7.24. The molecule has 0 radical (unpaired) electrons. The first-order chi connectivity index (χ1) is 11.6. The SMILES string of the molecule is C[C@H](NC(=O)[C@H](O)CN1CCCCC1)[C@@H]1COc2ccccc2O1. The Morgan fingerprint density at radius 3 is 2.75 bits per heavy atom. The molecule has 0 unspecified atom stereocenters. The van der Waals surface area contributed by atoms with Gasteiger partial charge in [0.05, 0.1) is 6.04 Å². The fourth-order valence-electron chi connectivity index (χ4n) is 3.17. The second kappa shape index (κ2) is 7.85. The number of nitrogens with zero attached hydrogens (tertiary/aromatic N) is 1. The fraction of sp³-hybridized carbons (Fsp3) is 0.611. The summed E-state index contributed by atoms with van der Waals surface area (Å²) in [5.74, 6) is 1.05. The number of aliphatic hydroxyl groups is 1. The number of likely N-dealkylation sites (tertiary alicyclic amines) is 1. The van der Waals surface area contributed by atoms with Crippen LogP contribution in [0.2, 0.25) is 0 Å². The van der Waals surface area contributed by atoms with E-state index in [2.05, 4.69) is 10.2 Å². The van der Waals surface area contributed by atoms with Gasteiger partial charge in [-0.15, -0.1) is 0 Å². The molecule has 1 amide bonds. The van der Waals surface area contributed by atoms with Crippen molar-refractivity contribution >= 4 is 5.91 Å². The molecule has 24 heavy (non-hydrogen) atoms. The fourth-order valence-corrected chi connectivity index (χ4v) is 3.17. The van der Waals surface area contributed by atoms with Gasteiger partial charge in [-0.25, -0.2) is 0 Å². The molecule has 0 saturated carbocycles. The Morgan fingerprint density at radius 2 is 2.00 bits per heavy atom. The van der Waals surface area contributed by atoms with Crippen LogP contribution in [0.15, 0.2) is 24.3 Å². The van der Waals surface area contributed by atoms with Crippen molar-refractivity contribution in [3.63, 3.8) is 0 Å². The molecule has 3 rings (SSSR count). The molecule has 6 heteroatoms. The van der Waals surface area contributed by atoms with Crippen LogP contribution >= 0.6 is 0 Å². The molecular weight excluding hydrogens is 308 g/mol. The monoisotopic (exact) mass is 334 g/mol. The molecule has 1 saturated heterocycles. The van der Waals surface area contributed by atoms with Gasteiger partial charge in [0.25, 0.3) is 5.91 Å². The van der Waals surface area contributed by atoms with Gasteiger partial charge in [-0.3, -0.25) is 4.79 Å². The van der Waals surface area contributed by atoms with Crippen molar-refractivity contribution in [2.45, 2.75) is 44.4 Å². The second-order valence-electron chi connectivity index (χ2n) is 6.59. The van der Waals surface area contributed by atoms with Crippen LogP contribution in [0, 0.1) is 0 Å². The van der Waals surface area contributed by atoms with Crippen LogP contribution in [0.4, 0.5) is 0 Å². The Kier molecular flexibility index (Phi) is 5.58. The van der Waals surface area contributed by atoms with Crippen molar-refractivity contribution in [2.24, 2.45) is 0 Å². The lowest BCUT2D eigenvalue weighted by Crippen LogP contribution is -2.52. The van der Waals surface area contributed by atoms with Crippen molar-refractivity contribution in [1.29, 1.82) is 0 Å². The number of aliphatic hydroxyl groups excluding tert-OH is 1. The van der Waals surface area contributed by atoms with Gasteiger partial charge in [0.15, 0.2) is 17.6 Å². The van der Waals surface area contributed by atoms with Gasteiger partial charge in [-0.2, -0.15) is 0 Å². The molecule has 0 spiro atoms. The molecule has 2 heterocycles. The molecular formula is C18H26N2O4. The maximum absolute atomic E-state index is 12.2. The second-order valence-corrected chi connectivity index (χ2v) is 6.59. The minimum Gasteiger partial charge on any atom is -0.486 e. The number of nitrogens with one attached hydrogen (secondary N) is 1. The first-order valence-corrected chi connectivity index (χ1v) is 8.73. The number of piperidine rings is 1. The lowest BCUT2D eigenvalue weighted by Gasteiger charge is -2.32. The largest absolute Gasteiger partial charge is 0.486 e. The molecule has 2 N–H and O–H groups in total. The van der Waals surface area contributed by atoms with Crippen LogP contribution in [-0.4, -0.2) is 60.4 Å². The van der Waals surface area contributed by atoms with Gasteiger partial charge in [-0.05, 0) is 45.0 Å². The number of carbonyl (C=O) groups is 1. The van der Waals surface area contributed by atoms with E-state index in [1.807, 2.05) is 31.2 Å². The van der Waals surface area contributed by atoms with Crippen molar-refractivity contribution in [2.75, 3.05) is 26.2 Å². The highest BCUT2D eigenvalue weighted by Gasteiger charge is 2.29. The van der Waals surface area contributed by atoms with Crippen molar-refractivity contribution in [3.8, 4) is 11.5 Å². The minimum absolute atomic E-state index is 0.248. The van der Waals surface area contributed by atoms with Crippen LogP contribution in [0.1, 0.15) is 26.2 Å². The van der Waals surface area contributed by atoms with E-state index in [4.69, 9.17) is 9.47 Å². The van der Waals surface area contributed by atoms with Crippen molar-refractivity contribution in [3.05, 3.63) is 24.3 Å². The van der Waals surface area contributed by atoms with E-state index >= 15 is 0 Å². The maximum Gasteiger partial charge on any atom is 0.250 e. The molecule has 6 nitrogen and oxygen atoms in total. The highest BCUT2D eigenvalue weighted by Crippen LogP contribution is 2.31. The first-order valence-electron chi connectivity index (χ1n) is 8.73. The summed E-state index contributed by atoms with van der Waals surface area (Å²) in [7, 11) is 0. The van der Waals surface area contributed by atoms with E-state index < -0.39 is 6.10 Å². The van der Waals surface area contributed by atoms with Crippen LogP contribution in [0.25, 0.3) is 0 Å². The predicted molar refractivity (Wildman–Crippen MR) is 90.3 cm³/mol. The Morgan fingerprint density at radius 1 is 1.29 bits per heavy atom. The minimum atomic E-state index is -1.01. The summed E-state index contributed by atoms with van der Waals surface area (Å²) >= 11 is 0. The summed E-state index contributed by atoms with van der Waals surface area (Å²) in [6.45, 7) is 4.55. The average Bonchev–Trinajstić information content (AvgIpc) is 2.62. The Labute approximate surface area is 142 Å². The topological polar surface area (TPSA) is 71.0 Å². The number of benzene rings is 1. The number of hydrogen-bond acceptors (Lipinski definition) is 5. The van der Waals surface area contributed by atoms with Crippen LogP contribution in [0.5, 0.6) is 11.5 Å². The van der Waals surface area contributed by atoms with Gasteiger partial charge in [0.1, 0.15) is 12.7 Å². The number of hydrogen-bond donors (Lipinski definition) is 2. The third kappa shape index (κ3) is 4.19. The highest BCUT2D eigenvalue weighted by molar-refractivity contribution is 5.81. The van der Waals surface area contributed by atoms with E-state index in [1.165, 1.54) is 6.42 Å².